The maximum absolute atomic E-state index is 13.8. The van der Waals surface area contributed by atoms with Crippen molar-refractivity contribution in [2.45, 2.75) is 23.8 Å². The van der Waals surface area contributed by atoms with Crippen LogP contribution in [0.2, 0.25) is 0 Å². The zero-order valence-corrected chi connectivity index (χ0v) is 12.4. The van der Waals surface area contributed by atoms with Crippen LogP contribution in [0, 0.1) is 19.7 Å². The van der Waals surface area contributed by atoms with Crippen molar-refractivity contribution in [2.24, 2.45) is 0 Å². The van der Waals surface area contributed by atoms with Crippen molar-refractivity contribution in [3.05, 3.63) is 59.9 Å². The molecule has 0 N–H and O–H groups in total. The van der Waals surface area contributed by atoms with Gasteiger partial charge in [0.1, 0.15) is 10.8 Å². The molecule has 2 heterocycles. The SMILES string of the molecule is Cc1cc(C)n(-c2nccnc2Sc2ccccc2F)n1. The highest BCUT2D eigenvalue weighted by Gasteiger charge is 2.14. The summed E-state index contributed by atoms with van der Waals surface area (Å²) in [5.74, 6) is 0.337. The Labute approximate surface area is 126 Å². The average molecular weight is 300 g/mol. The molecule has 0 amide bonds. The van der Waals surface area contributed by atoms with Gasteiger partial charge in [0.25, 0.3) is 0 Å². The normalized spacial score (nSPS) is 10.8. The largest absolute Gasteiger partial charge is 0.244 e. The van der Waals surface area contributed by atoms with Gasteiger partial charge in [-0.3, -0.25) is 0 Å². The second kappa shape index (κ2) is 5.65. The van der Waals surface area contributed by atoms with E-state index in [1.54, 1.807) is 35.3 Å². The van der Waals surface area contributed by atoms with Crippen molar-refractivity contribution in [1.82, 2.24) is 19.7 Å². The van der Waals surface area contributed by atoms with Crippen molar-refractivity contribution < 1.29 is 4.39 Å². The number of benzene rings is 1. The molecule has 3 aromatic rings. The predicted molar refractivity (Wildman–Crippen MR) is 79.2 cm³/mol. The van der Waals surface area contributed by atoms with E-state index in [2.05, 4.69) is 15.1 Å². The molecule has 0 bridgehead atoms. The fraction of sp³-hybridized carbons (Fsp3) is 0.133. The van der Waals surface area contributed by atoms with Gasteiger partial charge in [0, 0.05) is 23.0 Å². The first kappa shape index (κ1) is 13.8. The first-order valence-corrected chi connectivity index (χ1v) is 7.24. The predicted octanol–water partition coefficient (Wildman–Crippen LogP) is 3.57. The Hall–Kier alpha value is -2.21. The van der Waals surface area contributed by atoms with Crippen LogP contribution in [0.3, 0.4) is 0 Å². The van der Waals surface area contributed by atoms with Crippen molar-refractivity contribution in [3.63, 3.8) is 0 Å². The third-order valence-electron chi connectivity index (χ3n) is 2.90. The Morgan fingerprint density at radius 3 is 2.57 bits per heavy atom. The Balaban J connectivity index is 2.05. The Morgan fingerprint density at radius 2 is 1.86 bits per heavy atom. The minimum absolute atomic E-state index is 0.271. The quantitative estimate of drug-likeness (QED) is 0.741. The first-order chi connectivity index (χ1) is 10.1. The topological polar surface area (TPSA) is 43.6 Å². The molecule has 3 rings (SSSR count). The van der Waals surface area contributed by atoms with Gasteiger partial charge in [-0.2, -0.15) is 5.10 Å². The van der Waals surface area contributed by atoms with Crippen LogP contribution in [0.4, 0.5) is 4.39 Å². The van der Waals surface area contributed by atoms with E-state index in [0.29, 0.717) is 15.7 Å². The van der Waals surface area contributed by atoms with E-state index in [1.165, 1.54) is 17.8 Å². The van der Waals surface area contributed by atoms with Crippen molar-refractivity contribution in [2.75, 3.05) is 0 Å². The second-order valence-electron chi connectivity index (χ2n) is 4.56. The van der Waals surface area contributed by atoms with Gasteiger partial charge >= 0.3 is 0 Å². The molecule has 0 aliphatic rings. The van der Waals surface area contributed by atoms with E-state index in [4.69, 9.17) is 0 Å². The molecule has 0 aliphatic carbocycles. The summed E-state index contributed by atoms with van der Waals surface area (Å²) < 4.78 is 15.5. The van der Waals surface area contributed by atoms with Gasteiger partial charge in [0.15, 0.2) is 5.82 Å². The summed E-state index contributed by atoms with van der Waals surface area (Å²) in [4.78, 5) is 9.17. The lowest BCUT2D eigenvalue weighted by Crippen LogP contribution is -2.05. The van der Waals surface area contributed by atoms with Gasteiger partial charge < -0.3 is 0 Å². The third kappa shape index (κ3) is 2.80. The molecule has 2 aromatic heterocycles. The third-order valence-corrected chi connectivity index (χ3v) is 3.93. The molecule has 6 heteroatoms. The monoisotopic (exact) mass is 300 g/mol. The summed E-state index contributed by atoms with van der Waals surface area (Å²) in [5.41, 5.74) is 1.86. The molecular formula is C15H13FN4S. The molecule has 1 aromatic carbocycles. The van der Waals surface area contributed by atoms with Gasteiger partial charge in [0.05, 0.1) is 5.69 Å². The summed E-state index contributed by atoms with van der Waals surface area (Å²) in [5, 5.41) is 5.03. The van der Waals surface area contributed by atoms with Crippen LogP contribution in [0.1, 0.15) is 11.4 Å². The molecule has 4 nitrogen and oxygen atoms in total. The molecule has 0 spiro atoms. The number of rotatable bonds is 3. The van der Waals surface area contributed by atoms with E-state index in [0.717, 1.165) is 11.4 Å². The highest BCUT2D eigenvalue weighted by atomic mass is 32.2. The lowest BCUT2D eigenvalue weighted by Gasteiger charge is -2.08. The number of aryl methyl sites for hydroxylation is 2. The highest BCUT2D eigenvalue weighted by Crippen LogP contribution is 2.31. The van der Waals surface area contributed by atoms with Crippen LogP contribution in [0.15, 0.2) is 52.6 Å². The summed E-state index contributed by atoms with van der Waals surface area (Å²) in [6, 6.07) is 8.58. The van der Waals surface area contributed by atoms with Gasteiger partial charge in [0.2, 0.25) is 0 Å². The fourth-order valence-electron chi connectivity index (χ4n) is 2.01. The van der Waals surface area contributed by atoms with E-state index in [-0.39, 0.29) is 5.82 Å². The van der Waals surface area contributed by atoms with Crippen LogP contribution < -0.4 is 0 Å². The number of hydrogen-bond acceptors (Lipinski definition) is 4. The molecular weight excluding hydrogens is 287 g/mol. The molecule has 0 aliphatic heterocycles. The van der Waals surface area contributed by atoms with E-state index < -0.39 is 0 Å². The lowest BCUT2D eigenvalue weighted by atomic mass is 10.3. The van der Waals surface area contributed by atoms with Crippen molar-refractivity contribution >= 4 is 11.8 Å². The molecule has 106 valence electrons. The van der Waals surface area contributed by atoms with E-state index in [1.807, 2.05) is 19.9 Å². The summed E-state index contributed by atoms with van der Waals surface area (Å²) in [7, 11) is 0. The number of halogens is 1. The number of nitrogens with zero attached hydrogens (tertiary/aromatic N) is 4. The van der Waals surface area contributed by atoms with Crippen LogP contribution in [-0.2, 0) is 0 Å². The molecule has 0 unspecified atom stereocenters. The van der Waals surface area contributed by atoms with Crippen LogP contribution in [0.25, 0.3) is 5.82 Å². The first-order valence-electron chi connectivity index (χ1n) is 6.42. The van der Waals surface area contributed by atoms with Crippen LogP contribution >= 0.6 is 11.8 Å². The molecule has 21 heavy (non-hydrogen) atoms. The summed E-state index contributed by atoms with van der Waals surface area (Å²) in [6.45, 7) is 3.87. The van der Waals surface area contributed by atoms with E-state index in [9.17, 15) is 4.39 Å². The van der Waals surface area contributed by atoms with Crippen LogP contribution in [0.5, 0.6) is 0 Å². The minimum atomic E-state index is -0.271. The molecule has 0 radical (unpaired) electrons. The smallest absolute Gasteiger partial charge is 0.186 e. The van der Waals surface area contributed by atoms with E-state index >= 15 is 0 Å². The molecule has 0 atom stereocenters. The Bertz CT molecular complexity index is 785. The molecule has 0 fully saturated rings. The lowest BCUT2D eigenvalue weighted by molar-refractivity contribution is 0.602. The number of hydrogen-bond donors (Lipinski definition) is 0. The van der Waals surface area contributed by atoms with Crippen molar-refractivity contribution in [1.29, 1.82) is 0 Å². The maximum atomic E-state index is 13.8. The van der Waals surface area contributed by atoms with Crippen molar-refractivity contribution in [3.8, 4) is 5.82 Å². The molecule has 0 saturated carbocycles. The zero-order chi connectivity index (χ0) is 14.8. The van der Waals surface area contributed by atoms with Gasteiger partial charge in [-0.25, -0.2) is 19.0 Å². The van der Waals surface area contributed by atoms with Gasteiger partial charge in [-0.1, -0.05) is 23.9 Å². The summed E-state index contributed by atoms with van der Waals surface area (Å²) in [6.07, 6.45) is 3.20. The Kier molecular flexibility index (Phi) is 3.70. The van der Waals surface area contributed by atoms with Gasteiger partial charge in [-0.05, 0) is 32.0 Å². The Morgan fingerprint density at radius 1 is 1.10 bits per heavy atom. The zero-order valence-electron chi connectivity index (χ0n) is 11.6. The summed E-state index contributed by atoms with van der Waals surface area (Å²) >= 11 is 1.24. The maximum Gasteiger partial charge on any atom is 0.186 e. The molecule has 0 saturated heterocycles. The fourth-order valence-corrected chi connectivity index (χ4v) is 2.87. The second-order valence-corrected chi connectivity index (χ2v) is 5.59. The van der Waals surface area contributed by atoms with Gasteiger partial charge in [-0.15, -0.1) is 0 Å². The minimum Gasteiger partial charge on any atom is -0.244 e. The average Bonchev–Trinajstić information content (AvgIpc) is 2.81. The standard InChI is InChI=1S/C15H13FN4S/c1-10-9-11(2)20(19-10)14-15(18-8-7-17-14)21-13-6-4-3-5-12(13)16/h3-9H,1-2H3. The highest BCUT2D eigenvalue weighted by molar-refractivity contribution is 7.99. The number of aromatic nitrogens is 4. The van der Waals surface area contributed by atoms with Crippen LogP contribution in [-0.4, -0.2) is 19.7 Å².